The van der Waals surface area contributed by atoms with E-state index in [2.05, 4.69) is 23.2 Å². The Morgan fingerprint density at radius 1 is 1.57 bits per heavy atom. The lowest BCUT2D eigenvalue weighted by Crippen LogP contribution is -2.16. The van der Waals surface area contributed by atoms with Crippen molar-refractivity contribution in [3.05, 3.63) is 59.9 Å². The molecule has 5 heteroatoms. The Hall–Kier alpha value is -2.43. The molecule has 23 heavy (non-hydrogen) atoms. The Bertz CT molecular complexity index is 570. The van der Waals surface area contributed by atoms with E-state index < -0.39 is 6.09 Å². The molecule has 2 N–H and O–H groups in total. The van der Waals surface area contributed by atoms with Gasteiger partial charge in [0.1, 0.15) is 17.3 Å². The van der Waals surface area contributed by atoms with E-state index >= 15 is 0 Å². The number of carbonyl (C=O) groups is 1. The first kappa shape index (κ1) is 18.6. The number of hydrogen-bond acceptors (Lipinski definition) is 4. The summed E-state index contributed by atoms with van der Waals surface area (Å²) in [6, 6.07) is 0. The predicted octanol–water partition coefficient (Wildman–Crippen LogP) is 4.48. The van der Waals surface area contributed by atoms with Crippen LogP contribution in [-0.4, -0.2) is 18.3 Å². The van der Waals surface area contributed by atoms with E-state index in [1.54, 1.807) is 12.3 Å². The maximum Gasteiger partial charge on any atom is 0.410 e. The van der Waals surface area contributed by atoms with Crippen molar-refractivity contribution < 1.29 is 19.4 Å². The molecule has 1 amide bonds. The van der Waals surface area contributed by atoms with Crippen LogP contribution in [0.3, 0.4) is 0 Å². The second kappa shape index (κ2) is 8.88. The van der Waals surface area contributed by atoms with Crippen molar-refractivity contribution in [1.29, 1.82) is 0 Å². The first-order chi connectivity index (χ1) is 10.9. The van der Waals surface area contributed by atoms with Crippen LogP contribution in [0.4, 0.5) is 4.79 Å². The third-order valence-corrected chi connectivity index (χ3v) is 3.59. The molecule has 126 valence electrons. The normalized spacial score (nSPS) is 16.0. The molecule has 1 unspecified atom stereocenters. The number of aliphatic hydroxyl groups is 1. The first-order valence-electron chi connectivity index (χ1n) is 7.60. The molecule has 1 rings (SSSR count). The maximum absolute atomic E-state index is 10.9. The third-order valence-electron chi connectivity index (χ3n) is 3.59. The maximum atomic E-state index is 10.9. The number of nitrogens with one attached hydrogen (secondary N) is 1. The lowest BCUT2D eigenvalue weighted by Gasteiger charge is -2.24. The fraction of sp³-hybridized carbons (Fsp3) is 0.389. The summed E-state index contributed by atoms with van der Waals surface area (Å²) in [7, 11) is 1.31. The van der Waals surface area contributed by atoms with E-state index in [0.717, 1.165) is 24.8 Å². The lowest BCUT2D eigenvalue weighted by atomic mass is 9.96. The number of alkyl carbamates (subject to hydrolysis) is 1. The van der Waals surface area contributed by atoms with Gasteiger partial charge in [-0.05, 0) is 24.8 Å². The number of hydrogen-bond donors (Lipinski definition) is 2. The molecule has 1 aliphatic heterocycles. The number of carbonyl (C=O) groups excluding carboxylic acids is 1. The van der Waals surface area contributed by atoms with E-state index in [0.29, 0.717) is 17.1 Å². The van der Waals surface area contributed by atoms with Crippen LogP contribution in [-0.2, 0) is 9.47 Å². The fourth-order valence-electron chi connectivity index (χ4n) is 2.13. The summed E-state index contributed by atoms with van der Waals surface area (Å²) in [5.74, 6) is 1.36. The summed E-state index contributed by atoms with van der Waals surface area (Å²) >= 11 is 0. The SMILES string of the molecule is C=C(CC)C1=C(O)C=C(C(C)CC/C=C/NC(=O)OC)OC1=C. The van der Waals surface area contributed by atoms with Gasteiger partial charge in [0, 0.05) is 18.2 Å². The zero-order valence-corrected chi connectivity index (χ0v) is 14.0. The third kappa shape index (κ3) is 5.36. The molecule has 0 aliphatic carbocycles. The van der Waals surface area contributed by atoms with Crippen LogP contribution in [0.25, 0.3) is 0 Å². The van der Waals surface area contributed by atoms with Gasteiger partial charge in [0.2, 0.25) is 0 Å². The first-order valence-corrected chi connectivity index (χ1v) is 7.60. The number of amides is 1. The molecule has 0 bridgehead atoms. The van der Waals surface area contributed by atoms with Gasteiger partial charge >= 0.3 is 6.09 Å². The molecule has 1 heterocycles. The van der Waals surface area contributed by atoms with Crippen molar-refractivity contribution in [2.45, 2.75) is 33.1 Å². The summed E-state index contributed by atoms with van der Waals surface area (Å²) in [6.07, 6.45) is 6.79. The van der Waals surface area contributed by atoms with Crippen molar-refractivity contribution in [3.8, 4) is 0 Å². The minimum Gasteiger partial charge on any atom is -0.507 e. The van der Waals surface area contributed by atoms with Crippen LogP contribution in [0.2, 0.25) is 0 Å². The van der Waals surface area contributed by atoms with E-state index in [4.69, 9.17) is 4.74 Å². The topological polar surface area (TPSA) is 67.8 Å². The van der Waals surface area contributed by atoms with Gasteiger partial charge in [-0.2, -0.15) is 0 Å². The van der Waals surface area contributed by atoms with Crippen molar-refractivity contribution >= 4 is 6.09 Å². The molecule has 0 aromatic heterocycles. The molecule has 1 atom stereocenters. The molecule has 0 saturated carbocycles. The average Bonchev–Trinajstić information content (AvgIpc) is 2.52. The largest absolute Gasteiger partial charge is 0.507 e. The Morgan fingerprint density at radius 3 is 2.83 bits per heavy atom. The van der Waals surface area contributed by atoms with Crippen LogP contribution in [0.5, 0.6) is 0 Å². The van der Waals surface area contributed by atoms with Gasteiger partial charge in [0.05, 0.1) is 12.7 Å². The van der Waals surface area contributed by atoms with Crippen LogP contribution >= 0.6 is 0 Å². The number of aliphatic hydroxyl groups excluding tert-OH is 1. The van der Waals surface area contributed by atoms with Crippen LogP contribution in [0, 0.1) is 5.92 Å². The highest BCUT2D eigenvalue weighted by Crippen LogP contribution is 2.33. The molecular formula is C18H25NO4. The van der Waals surface area contributed by atoms with Gasteiger partial charge in [0.15, 0.2) is 0 Å². The highest BCUT2D eigenvalue weighted by atomic mass is 16.5. The van der Waals surface area contributed by atoms with Gasteiger partial charge in [-0.25, -0.2) is 4.79 Å². The van der Waals surface area contributed by atoms with Gasteiger partial charge in [-0.15, -0.1) is 0 Å². The predicted molar refractivity (Wildman–Crippen MR) is 90.5 cm³/mol. The number of allylic oxidation sites excluding steroid dienone is 4. The zero-order valence-electron chi connectivity index (χ0n) is 14.0. The Labute approximate surface area is 137 Å². The minimum absolute atomic E-state index is 0.105. The quantitative estimate of drug-likeness (QED) is 0.726. The second-order valence-corrected chi connectivity index (χ2v) is 5.31. The summed E-state index contributed by atoms with van der Waals surface area (Å²) < 4.78 is 10.2. The van der Waals surface area contributed by atoms with E-state index in [9.17, 15) is 9.90 Å². The molecule has 0 aromatic carbocycles. The van der Waals surface area contributed by atoms with Crippen LogP contribution < -0.4 is 5.32 Å². The number of rotatable bonds is 7. The monoisotopic (exact) mass is 319 g/mol. The number of methoxy groups -OCH3 is 1. The average molecular weight is 319 g/mol. The minimum atomic E-state index is -0.498. The Morgan fingerprint density at radius 2 is 2.26 bits per heavy atom. The van der Waals surface area contributed by atoms with Crippen LogP contribution in [0.15, 0.2) is 59.9 Å². The van der Waals surface area contributed by atoms with Gasteiger partial charge in [0.25, 0.3) is 0 Å². The molecule has 0 aromatic rings. The van der Waals surface area contributed by atoms with Crippen molar-refractivity contribution in [1.82, 2.24) is 5.32 Å². The lowest BCUT2D eigenvalue weighted by molar-refractivity contribution is 0.175. The van der Waals surface area contributed by atoms with Crippen LogP contribution in [0.1, 0.15) is 33.1 Å². The molecule has 0 radical (unpaired) electrons. The van der Waals surface area contributed by atoms with Crippen molar-refractivity contribution in [2.24, 2.45) is 5.92 Å². The fourth-order valence-corrected chi connectivity index (χ4v) is 2.13. The van der Waals surface area contributed by atoms with Gasteiger partial charge < -0.3 is 14.6 Å². The molecular weight excluding hydrogens is 294 g/mol. The van der Waals surface area contributed by atoms with Crippen molar-refractivity contribution in [3.63, 3.8) is 0 Å². The Balaban J connectivity index is 2.62. The Kier molecular flexibility index (Phi) is 7.19. The summed E-state index contributed by atoms with van der Waals surface area (Å²) in [4.78, 5) is 10.9. The highest BCUT2D eigenvalue weighted by Gasteiger charge is 2.22. The van der Waals surface area contributed by atoms with Gasteiger partial charge in [-0.3, -0.25) is 5.32 Å². The smallest absolute Gasteiger partial charge is 0.410 e. The number of ether oxygens (including phenoxy) is 2. The zero-order chi connectivity index (χ0) is 17.4. The van der Waals surface area contributed by atoms with E-state index in [1.807, 2.05) is 19.9 Å². The highest BCUT2D eigenvalue weighted by molar-refractivity contribution is 5.68. The molecule has 0 fully saturated rings. The van der Waals surface area contributed by atoms with Crippen molar-refractivity contribution in [2.75, 3.05) is 7.11 Å². The van der Waals surface area contributed by atoms with Gasteiger partial charge in [-0.1, -0.05) is 33.1 Å². The summed E-state index contributed by atoms with van der Waals surface area (Å²) in [6.45, 7) is 11.8. The molecule has 0 spiro atoms. The second-order valence-electron chi connectivity index (χ2n) is 5.31. The summed E-state index contributed by atoms with van der Waals surface area (Å²) in [5, 5.41) is 12.6. The molecule has 0 saturated heterocycles. The van der Waals surface area contributed by atoms with E-state index in [-0.39, 0.29) is 11.7 Å². The van der Waals surface area contributed by atoms with E-state index in [1.165, 1.54) is 7.11 Å². The molecule has 1 aliphatic rings. The molecule has 5 nitrogen and oxygen atoms in total. The standard InChI is InChI=1S/C18H25NO4/c1-6-12(2)17-14(4)23-16(11-15(17)20)13(3)9-7-8-10-19-18(21)22-5/h8,10-11,13,20H,2,4,6-7,9H2,1,3,5H3,(H,19,21)/b10-8+. The summed E-state index contributed by atoms with van der Waals surface area (Å²) in [5.41, 5.74) is 1.39.